The van der Waals surface area contributed by atoms with E-state index in [0.29, 0.717) is 24.9 Å². The molecule has 0 aliphatic carbocycles. The smallest absolute Gasteiger partial charge is 0.387 e. The Morgan fingerprint density at radius 3 is 2.62 bits per heavy atom. The molecule has 1 N–H and O–H groups in total. The predicted molar refractivity (Wildman–Crippen MR) is 83.5 cm³/mol. The number of nitrogens with one attached hydrogen (secondary N) is 1. The molecule has 1 atom stereocenters. The maximum absolute atomic E-state index is 12.3. The van der Waals surface area contributed by atoms with Crippen LogP contribution < -0.4 is 14.8 Å². The second kappa shape index (κ2) is 9.84. The zero-order chi connectivity index (χ0) is 15.7. The van der Waals surface area contributed by atoms with Crippen molar-refractivity contribution in [1.29, 1.82) is 0 Å². The summed E-state index contributed by atoms with van der Waals surface area (Å²) in [6.45, 7) is 4.29. The zero-order valence-corrected chi connectivity index (χ0v) is 13.5. The summed E-state index contributed by atoms with van der Waals surface area (Å²) in [5.74, 6) is 2.57. The van der Waals surface area contributed by atoms with Crippen molar-refractivity contribution in [3.63, 3.8) is 0 Å². The molecule has 0 heterocycles. The first-order chi connectivity index (χ1) is 10.1. The van der Waals surface area contributed by atoms with E-state index in [1.54, 1.807) is 19.1 Å². The van der Waals surface area contributed by atoms with Crippen LogP contribution in [0.15, 0.2) is 18.2 Å². The fraction of sp³-hybridized carbons (Fsp3) is 0.600. The molecule has 1 aromatic rings. The molecule has 1 aromatic carbocycles. The molecule has 0 spiro atoms. The van der Waals surface area contributed by atoms with E-state index < -0.39 is 6.61 Å². The predicted octanol–water partition coefficient (Wildman–Crippen LogP) is 3.92. The molecule has 0 aliphatic rings. The van der Waals surface area contributed by atoms with Gasteiger partial charge in [0.25, 0.3) is 0 Å². The molecule has 0 fully saturated rings. The Kier molecular flexibility index (Phi) is 8.45. The van der Waals surface area contributed by atoms with E-state index in [4.69, 9.17) is 4.74 Å². The molecule has 1 unspecified atom stereocenters. The molecule has 3 nitrogen and oxygen atoms in total. The van der Waals surface area contributed by atoms with Gasteiger partial charge in [0.1, 0.15) is 0 Å². The highest BCUT2D eigenvalue weighted by molar-refractivity contribution is 7.99. The topological polar surface area (TPSA) is 30.5 Å². The number of halogens is 2. The summed E-state index contributed by atoms with van der Waals surface area (Å²) in [4.78, 5) is 0. The molecule has 0 aromatic heterocycles. The second-order valence-corrected chi connectivity index (χ2v) is 5.85. The van der Waals surface area contributed by atoms with E-state index in [-0.39, 0.29) is 5.75 Å². The Morgan fingerprint density at radius 1 is 1.24 bits per heavy atom. The third kappa shape index (κ3) is 7.00. The lowest BCUT2D eigenvalue weighted by Gasteiger charge is -2.15. The number of hydrogen-bond donors (Lipinski definition) is 1. The highest BCUT2D eigenvalue weighted by Gasteiger charge is 2.12. The summed E-state index contributed by atoms with van der Waals surface area (Å²) < 4.78 is 34.5. The molecule has 120 valence electrons. The van der Waals surface area contributed by atoms with Crippen LogP contribution in [0, 0.1) is 0 Å². The van der Waals surface area contributed by atoms with Gasteiger partial charge in [-0.3, -0.25) is 0 Å². The largest absolute Gasteiger partial charge is 0.490 e. The average molecular weight is 319 g/mol. The second-order valence-electron chi connectivity index (χ2n) is 4.53. The zero-order valence-electron chi connectivity index (χ0n) is 12.7. The lowest BCUT2D eigenvalue weighted by atomic mass is 10.2. The minimum absolute atomic E-state index is 0.0742. The molecule has 6 heteroatoms. The number of rotatable bonds is 10. The third-order valence-electron chi connectivity index (χ3n) is 2.75. The standard InChI is InChI=1S/C15H23F2NO2S/c1-4-19-14-8-12(6-7-13(14)20-15(16)17)9-18-11(3)10-21-5-2/h6-8,11,15,18H,4-5,9-10H2,1-3H3. The van der Waals surface area contributed by atoms with Crippen molar-refractivity contribution in [3.8, 4) is 11.5 Å². The number of alkyl halides is 2. The van der Waals surface area contributed by atoms with Crippen LogP contribution in [-0.2, 0) is 6.54 Å². The molecule has 0 saturated carbocycles. The third-order valence-corrected chi connectivity index (χ3v) is 3.89. The monoisotopic (exact) mass is 319 g/mol. The summed E-state index contributed by atoms with van der Waals surface area (Å²) in [7, 11) is 0. The van der Waals surface area contributed by atoms with Gasteiger partial charge in [0.2, 0.25) is 0 Å². The highest BCUT2D eigenvalue weighted by Crippen LogP contribution is 2.29. The SMILES string of the molecule is CCOc1cc(CNC(C)CSCC)ccc1OC(F)F. The van der Waals surface area contributed by atoms with Gasteiger partial charge in [-0.15, -0.1) is 0 Å². The van der Waals surface area contributed by atoms with E-state index >= 15 is 0 Å². The van der Waals surface area contributed by atoms with Crippen molar-refractivity contribution in [2.45, 2.75) is 40.0 Å². The minimum atomic E-state index is -2.85. The summed E-state index contributed by atoms with van der Waals surface area (Å²) in [6, 6.07) is 5.43. The Balaban J connectivity index is 2.64. The van der Waals surface area contributed by atoms with Crippen LogP contribution >= 0.6 is 11.8 Å². The number of ether oxygens (including phenoxy) is 2. The van der Waals surface area contributed by atoms with Gasteiger partial charge in [-0.2, -0.15) is 20.5 Å². The number of benzene rings is 1. The molecule has 0 amide bonds. The number of hydrogen-bond acceptors (Lipinski definition) is 4. The Bertz CT molecular complexity index is 419. The van der Waals surface area contributed by atoms with Crippen LogP contribution in [0.3, 0.4) is 0 Å². The Hall–Kier alpha value is -1.01. The van der Waals surface area contributed by atoms with Crippen LogP contribution in [0.4, 0.5) is 8.78 Å². The number of thioether (sulfide) groups is 1. The van der Waals surface area contributed by atoms with Gasteiger partial charge in [0, 0.05) is 18.3 Å². The normalized spacial score (nSPS) is 12.5. The Morgan fingerprint density at radius 2 is 2.00 bits per heavy atom. The first kappa shape index (κ1) is 18.0. The van der Waals surface area contributed by atoms with Gasteiger partial charge in [-0.05, 0) is 37.3 Å². The molecule has 1 rings (SSSR count). The minimum Gasteiger partial charge on any atom is -0.490 e. The van der Waals surface area contributed by atoms with Crippen molar-refractivity contribution in [2.75, 3.05) is 18.1 Å². The van der Waals surface area contributed by atoms with Gasteiger partial charge < -0.3 is 14.8 Å². The molecule has 0 bridgehead atoms. The van der Waals surface area contributed by atoms with E-state index in [1.165, 1.54) is 6.07 Å². The van der Waals surface area contributed by atoms with Crippen molar-refractivity contribution in [1.82, 2.24) is 5.32 Å². The maximum atomic E-state index is 12.3. The van der Waals surface area contributed by atoms with Crippen LogP contribution in [-0.4, -0.2) is 30.8 Å². The lowest BCUT2D eigenvalue weighted by Crippen LogP contribution is -2.27. The Labute approximate surface area is 129 Å². The van der Waals surface area contributed by atoms with Gasteiger partial charge >= 0.3 is 6.61 Å². The van der Waals surface area contributed by atoms with E-state index in [2.05, 4.69) is 23.9 Å². The van der Waals surface area contributed by atoms with Crippen molar-refractivity contribution in [2.24, 2.45) is 0 Å². The van der Waals surface area contributed by atoms with E-state index in [9.17, 15) is 8.78 Å². The quantitative estimate of drug-likeness (QED) is 0.708. The summed E-state index contributed by atoms with van der Waals surface area (Å²) in [5.41, 5.74) is 0.980. The van der Waals surface area contributed by atoms with Crippen LogP contribution in [0.25, 0.3) is 0 Å². The molecular weight excluding hydrogens is 296 g/mol. The fourth-order valence-electron chi connectivity index (χ4n) is 1.77. The molecule has 0 saturated heterocycles. The van der Waals surface area contributed by atoms with Crippen molar-refractivity contribution < 1.29 is 18.3 Å². The first-order valence-corrected chi connectivity index (χ1v) is 8.23. The molecule has 0 radical (unpaired) electrons. The van der Waals surface area contributed by atoms with E-state index in [0.717, 1.165) is 17.1 Å². The summed E-state index contributed by atoms with van der Waals surface area (Å²) in [5, 5.41) is 3.40. The van der Waals surface area contributed by atoms with E-state index in [1.807, 2.05) is 11.8 Å². The van der Waals surface area contributed by atoms with Gasteiger partial charge in [0.05, 0.1) is 6.61 Å². The summed E-state index contributed by atoms with van der Waals surface area (Å²) >= 11 is 1.88. The maximum Gasteiger partial charge on any atom is 0.387 e. The fourth-order valence-corrected chi connectivity index (χ4v) is 2.48. The van der Waals surface area contributed by atoms with Crippen molar-refractivity contribution in [3.05, 3.63) is 23.8 Å². The summed E-state index contributed by atoms with van der Waals surface area (Å²) in [6.07, 6.45) is 0. The molecular formula is C15H23F2NO2S. The highest BCUT2D eigenvalue weighted by atomic mass is 32.2. The van der Waals surface area contributed by atoms with Crippen LogP contribution in [0.1, 0.15) is 26.3 Å². The molecule has 21 heavy (non-hydrogen) atoms. The van der Waals surface area contributed by atoms with Gasteiger partial charge in [-0.1, -0.05) is 13.0 Å². The average Bonchev–Trinajstić information content (AvgIpc) is 2.45. The molecule has 0 aliphatic heterocycles. The lowest BCUT2D eigenvalue weighted by molar-refractivity contribution is -0.0514. The van der Waals surface area contributed by atoms with Gasteiger partial charge in [-0.25, -0.2) is 0 Å². The van der Waals surface area contributed by atoms with Gasteiger partial charge in [0.15, 0.2) is 11.5 Å². The first-order valence-electron chi connectivity index (χ1n) is 7.08. The van der Waals surface area contributed by atoms with Crippen molar-refractivity contribution >= 4 is 11.8 Å². The van der Waals surface area contributed by atoms with Crippen LogP contribution in [0.2, 0.25) is 0 Å². The van der Waals surface area contributed by atoms with Crippen LogP contribution in [0.5, 0.6) is 11.5 Å².